The number of amides is 1. The lowest BCUT2D eigenvalue weighted by Crippen LogP contribution is -2.44. The third kappa shape index (κ3) is 5.02. The largest absolute Gasteiger partial charge is 0.497 e. The van der Waals surface area contributed by atoms with Gasteiger partial charge in [0.05, 0.1) is 14.2 Å². The van der Waals surface area contributed by atoms with Crippen LogP contribution in [0.25, 0.3) is 0 Å². The van der Waals surface area contributed by atoms with E-state index < -0.39 is 0 Å². The average molecular weight is 504 g/mol. The van der Waals surface area contributed by atoms with Crippen molar-refractivity contribution < 1.29 is 19.1 Å². The number of ether oxygens (including phenoxy) is 2. The van der Waals surface area contributed by atoms with E-state index in [0.717, 1.165) is 62.0 Å². The van der Waals surface area contributed by atoms with E-state index in [-0.39, 0.29) is 11.3 Å². The molecule has 5 rings (SSSR count). The number of fused-ring (bicyclic) bond motifs is 5. The van der Waals surface area contributed by atoms with Crippen LogP contribution in [-0.2, 0) is 22.6 Å². The molecule has 5 atom stereocenters. The fraction of sp³-hybridized carbons (Fsp3) is 0.562. The fourth-order valence-electron chi connectivity index (χ4n) is 7.83. The summed E-state index contributed by atoms with van der Waals surface area (Å²) in [7, 11) is 3.38. The first kappa shape index (κ1) is 25.8. The van der Waals surface area contributed by atoms with Gasteiger partial charge in [-0.1, -0.05) is 37.6 Å². The highest BCUT2D eigenvalue weighted by Crippen LogP contribution is 2.62. The lowest BCUT2D eigenvalue weighted by molar-refractivity contribution is -0.129. The Bertz CT molecular complexity index is 1140. The maximum absolute atomic E-state index is 13.3. The molecule has 5 nitrogen and oxygen atoms in total. The summed E-state index contributed by atoms with van der Waals surface area (Å²) < 4.78 is 10.9. The average Bonchev–Trinajstić information content (AvgIpc) is 3.18. The molecule has 3 unspecified atom stereocenters. The number of unbranched alkanes of at least 4 members (excludes halogenated alkanes) is 1. The van der Waals surface area contributed by atoms with Gasteiger partial charge < -0.3 is 14.8 Å². The molecular formula is C32H41NO4. The predicted octanol–water partition coefficient (Wildman–Crippen LogP) is 6.23. The van der Waals surface area contributed by atoms with Crippen LogP contribution in [0.1, 0.15) is 80.9 Å². The van der Waals surface area contributed by atoms with E-state index in [1.807, 2.05) is 24.3 Å². The third-order valence-electron chi connectivity index (χ3n) is 9.67. The third-order valence-corrected chi connectivity index (χ3v) is 9.67. The zero-order valence-electron chi connectivity index (χ0n) is 22.6. The van der Waals surface area contributed by atoms with E-state index in [9.17, 15) is 9.59 Å². The second kappa shape index (κ2) is 10.9. The van der Waals surface area contributed by atoms with Crippen LogP contribution >= 0.6 is 0 Å². The Morgan fingerprint density at radius 1 is 1.08 bits per heavy atom. The van der Waals surface area contributed by atoms with Crippen molar-refractivity contribution in [3.8, 4) is 11.5 Å². The molecule has 3 aliphatic carbocycles. The molecule has 0 radical (unpaired) electrons. The van der Waals surface area contributed by atoms with Crippen molar-refractivity contribution in [1.29, 1.82) is 0 Å². The molecule has 0 spiro atoms. The number of para-hydroxylation sites is 1. The second-order valence-corrected chi connectivity index (χ2v) is 11.6. The van der Waals surface area contributed by atoms with Gasteiger partial charge in [-0.3, -0.25) is 9.59 Å². The van der Waals surface area contributed by atoms with E-state index in [4.69, 9.17) is 9.47 Å². The Kier molecular flexibility index (Phi) is 7.60. The first-order chi connectivity index (χ1) is 17.9. The normalized spacial score (nSPS) is 28.1. The first-order valence-corrected chi connectivity index (χ1v) is 14.0. The maximum atomic E-state index is 13.3. The van der Waals surface area contributed by atoms with Crippen molar-refractivity contribution in [2.45, 2.75) is 77.2 Å². The number of nitrogens with one attached hydrogen (secondary N) is 1. The Labute approximate surface area is 221 Å². The van der Waals surface area contributed by atoms with Crippen LogP contribution in [-0.4, -0.2) is 25.9 Å². The molecule has 0 aromatic heterocycles. The quantitative estimate of drug-likeness (QED) is 0.412. The van der Waals surface area contributed by atoms with Gasteiger partial charge in [0.15, 0.2) is 0 Å². The van der Waals surface area contributed by atoms with Gasteiger partial charge in [0.2, 0.25) is 5.91 Å². The van der Waals surface area contributed by atoms with Crippen LogP contribution in [0, 0.1) is 23.2 Å². The van der Waals surface area contributed by atoms with E-state index in [2.05, 4.69) is 30.4 Å². The highest BCUT2D eigenvalue weighted by Gasteiger charge is 2.58. The minimum Gasteiger partial charge on any atom is -0.497 e. The van der Waals surface area contributed by atoms with Crippen molar-refractivity contribution in [1.82, 2.24) is 5.32 Å². The summed E-state index contributed by atoms with van der Waals surface area (Å²) in [4.78, 5) is 25.7. The Morgan fingerprint density at radius 2 is 1.92 bits per heavy atom. The van der Waals surface area contributed by atoms with Gasteiger partial charge in [-0.2, -0.15) is 0 Å². The van der Waals surface area contributed by atoms with E-state index in [0.29, 0.717) is 42.4 Å². The van der Waals surface area contributed by atoms with Crippen molar-refractivity contribution >= 4 is 11.7 Å². The molecule has 1 N–H and O–H groups in total. The Morgan fingerprint density at radius 3 is 2.73 bits per heavy atom. The molecule has 2 fully saturated rings. The summed E-state index contributed by atoms with van der Waals surface area (Å²) in [6.07, 6.45) is 8.52. The summed E-state index contributed by atoms with van der Waals surface area (Å²) >= 11 is 0. The van der Waals surface area contributed by atoms with Gasteiger partial charge in [0.1, 0.15) is 17.3 Å². The van der Waals surface area contributed by atoms with E-state index >= 15 is 0 Å². The Balaban J connectivity index is 1.17. The first-order valence-electron chi connectivity index (χ1n) is 14.0. The van der Waals surface area contributed by atoms with Gasteiger partial charge in [0.25, 0.3) is 0 Å². The lowest BCUT2D eigenvalue weighted by Gasteiger charge is -2.50. The minimum absolute atomic E-state index is 0.0790. The molecule has 2 saturated carbocycles. The van der Waals surface area contributed by atoms with E-state index in [1.165, 1.54) is 17.5 Å². The summed E-state index contributed by atoms with van der Waals surface area (Å²) in [5, 5.41) is 3.03. The molecule has 0 saturated heterocycles. The topological polar surface area (TPSA) is 64.6 Å². The van der Waals surface area contributed by atoms with Crippen molar-refractivity contribution in [3.05, 3.63) is 59.2 Å². The molecule has 0 aliphatic heterocycles. The van der Waals surface area contributed by atoms with E-state index in [1.54, 1.807) is 14.2 Å². The summed E-state index contributed by atoms with van der Waals surface area (Å²) in [5.74, 6) is 4.36. The smallest absolute Gasteiger partial charge is 0.220 e. The number of Topliss-reactive ketones (excluding diaryl/α,β-unsaturated/α-hetero) is 1. The van der Waals surface area contributed by atoms with Crippen LogP contribution in [0.2, 0.25) is 0 Å². The molecule has 0 bridgehead atoms. The number of ketones is 1. The molecule has 2 aromatic carbocycles. The number of methoxy groups -OCH3 is 2. The van der Waals surface area contributed by atoms with Gasteiger partial charge >= 0.3 is 0 Å². The Hall–Kier alpha value is -2.82. The second-order valence-electron chi connectivity index (χ2n) is 11.6. The molecule has 198 valence electrons. The highest BCUT2D eigenvalue weighted by atomic mass is 16.5. The number of hydrogen-bond donors (Lipinski definition) is 1. The standard InChI is InChI=1S/C32H41NO4/c1-32-17-16-26-25-15-13-24(36-2)18-21(25)12-14-27(26)31(32)22(19-29(32)34)8-5-7-11-30(35)33-20-23-9-4-6-10-28(23)37-3/h4,6,9-10,13,15,18,22,26-27,31H,5,7-8,11-12,14,16-17,19-20H2,1-3H3,(H,33,35)/t22-,26?,27?,31?,32-/m1/s1. The van der Waals surface area contributed by atoms with Crippen LogP contribution in [0.3, 0.4) is 0 Å². The zero-order chi connectivity index (χ0) is 26.0. The van der Waals surface area contributed by atoms with Crippen molar-refractivity contribution in [2.24, 2.45) is 23.2 Å². The molecule has 0 heterocycles. The summed E-state index contributed by atoms with van der Waals surface area (Å²) in [5.41, 5.74) is 3.75. The number of benzene rings is 2. The molecular weight excluding hydrogens is 462 g/mol. The van der Waals surface area contributed by atoms with Gasteiger partial charge in [-0.25, -0.2) is 0 Å². The van der Waals surface area contributed by atoms with Crippen molar-refractivity contribution in [2.75, 3.05) is 14.2 Å². The number of rotatable bonds is 9. The summed E-state index contributed by atoms with van der Waals surface area (Å²) in [6, 6.07) is 14.4. The predicted molar refractivity (Wildman–Crippen MR) is 145 cm³/mol. The summed E-state index contributed by atoms with van der Waals surface area (Å²) in [6.45, 7) is 2.74. The number of hydrogen-bond acceptors (Lipinski definition) is 4. The number of carbonyl (C=O) groups excluding carboxylic acids is 2. The maximum Gasteiger partial charge on any atom is 0.220 e. The molecule has 5 heteroatoms. The number of aryl methyl sites for hydroxylation is 1. The fourth-order valence-corrected chi connectivity index (χ4v) is 7.83. The lowest BCUT2D eigenvalue weighted by atomic mass is 9.54. The van der Waals surface area contributed by atoms with Crippen LogP contribution in [0.4, 0.5) is 0 Å². The van der Waals surface area contributed by atoms with Gasteiger partial charge in [-0.15, -0.1) is 0 Å². The molecule has 1 amide bonds. The SMILES string of the molecule is COc1ccc2c(c1)CCC1C2CC[C@]2(C)C(=O)C[C@@H](CCCCC(=O)NCc3ccccc3OC)C12. The molecule has 3 aliphatic rings. The van der Waals surface area contributed by atoms with Crippen LogP contribution in [0.15, 0.2) is 42.5 Å². The minimum atomic E-state index is -0.165. The molecule has 2 aromatic rings. The number of carbonyl (C=O) groups is 2. The van der Waals surface area contributed by atoms with Crippen LogP contribution in [0.5, 0.6) is 11.5 Å². The van der Waals surface area contributed by atoms with Gasteiger partial charge in [0, 0.05) is 30.4 Å². The van der Waals surface area contributed by atoms with Crippen molar-refractivity contribution in [3.63, 3.8) is 0 Å². The zero-order valence-corrected chi connectivity index (χ0v) is 22.6. The highest BCUT2D eigenvalue weighted by molar-refractivity contribution is 5.87. The molecule has 37 heavy (non-hydrogen) atoms. The monoisotopic (exact) mass is 503 g/mol. The van der Waals surface area contributed by atoms with Gasteiger partial charge in [-0.05, 0) is 91.5 Å². The van der Waals surface area contributed by atoms with Crippen LogP contribution < -0.4 is 14.8 Å².